The van der Waals surface area contributed by atoms with E-state index in [2.05, 4.69) is 62.3 Å². The maximum absolute atomic E-state index is 12.3. The lowest BCUT2D eigenvalue weighted by molar-refractivity contribution is 0.0749. The highest BCUT2D eigenvalue weighted by Crippen LogP contribution is 2.61. The van der Waals surface area contributed by atoms with Crippen molar-refractivity contribution >= 4 is 10.1 Å². The van der Waals surface area contributed by atoms with Crippen molar-refractivity contribution in [1.82, 2.24) is 0 Å². The number of aromatic hydroxyl groups is 1. The van der Waals surface area contributed by atoms with Crippen molar-refractivity contribution < 1.29 is 27.6 Å². The molecule has 1 atom stereocenters. The minimum absolute atomic E-state index is 0.0147. The van der Waals surface area contributed by atoms with Gasteiger partial charge in [-0.15, -0.1) is 0 Å². The molecule has 0 amide bonds. The molecule has 0 fully saturated rings. The summed E-state index contributed by atoms with van der Waals surface area (Å²) in [7, 11) is -1.81. The van der Waals surface area contributed by atoms with Gasteiger partial charge in [0.2, 0.25) is 0 Å². The van der Waals surface area contributed by atoms with Crippen LogP contribution in [0.15, 0.2) is 4.90 Å². The van der Waals surface area contributed by atoms with E-state index in [1.165, 1.54) is 21.1 Å². The molecule has 0 aromatic heterocycles. The van der Waals surface area contributed by atoms with Crippen LogP contribution in [0.2, 0.25) is 0 Å². The highest BCUT2D eigenvalue weighted by molar-refractivity contribution is 7.86. The van der Waals surface area contributed by atoms with Crippen LogP contribution in [0.25, 0.3) is 0 Å². The second-order valence-electron chi connectivity index (χ2n) is 12.0. The van der Waals surface area contributed by atoms with Gasteiger partial charge in [0.15, 0.2) is 11.5 Å². The third-order valence-electron chi connectivity index (χ3n) is 6.04. The second-order valence-corrected chi connectivity index (χ2v) is 13.4. The van der Waals surface area contributed by atoms with Gasteiger partial charge in [-0.05, 0) is 41.9 Å². The third kappa shape index (κ3) is 6.10. The number of hydrogen-bond acceptors (Lipinski definition) is 5. The average molecular weight is 473 g/mol. The van der Waals surface area contributed by atoms with E-state index < -0.39 is 20.8 Å². The van der Waals surface area contributed by atoms with Gasteiger partial charge in [0.1, 0.15) is 10.6 Å². The van der Waals surface area contributed by atoms with E-state index in [1.807, 2.05) is 0 Å². The van der Waals surface area contributed by atoms with E-state index in [-0.39, 0.29) is 33.5 Å². The van der Waals surface area contributed by atoms with E-state index in [4.69, 9.17) is 9.47 Å². The molecule has 0 aliphatic heterocycles. The number of hydrogen-bond donors (Lipinski definition) is 2. The van der Waals surface area contributed by atoms with Crippen LogP contribution in [0.5, 0.6) is 17.2 Å². The van der Waals surface area contributed by atoms with Crippen molar-refractivity contribution in [2.24, 2.45) is 22.2 Å². The maximum atomic E-state index is 12.3. The first-order valence-corrected chi connectivity index (χ1v) is 12.6. The zero-order chi connectivity index (χ0) is 25.4. The molecule has 1 unspecified atom stereocenters. The molecule has 7 heteroatoms. The Labute approximate surface area is 195 Å². The molecule has 1 aromatic rings. The Morgan fingerprint density at radius 3 is 1.72 bits per heavy atom. The molecule has 0 saturated carbocycles. The topological polar surface area (TPSA) is 93.1 Å². The molecule has 0 aliphatic carbocycles. The quantitative estimate of drug-likeness (QED) is 0.394. The molecule has 0 aliphatic rings. The van der Waals surface area contributed by atoms with Crippen LogP contribution in [-0.4, -0.2) is 32.3 Å². The fourth-order valence-corrected chi connectivity index (χ4v) is 7.15. The molecule has 1 rings (SSSR count). The zero-order valence-corrected chi connectivity index (χ0v) is 22.8. The number of phenols is 1. The number of ether oxygens (including phenoxy) is 2. The van der Waals surface area contributed by atoms with Crippen LogP contribution in [-0.2, 0) is 10.1 Å². The minimum Gasteiger partial charge on any atom is -0.506 e. The van der Waals surface area contributed by atoms with Crippen LogP contribution in [0.4, 0.5) is 0 Å². The van der Waals surface area contributed by atoms with Crippen molar-refractivity contribution in [3.63, 3.8) is 0 Å². The minimum atomic E-state index is -4.71. The standard InChI is InChI=1S/C25H44O6S/c1-15(2)13-24(7,8)22(25(9,10)14-23(4,5)6)17-18(26)21(32(27,28)29)16(3)19(30-11)20(17)31-12/h15,22,26H,13-14H2,1-12H3,(H,27,28,29). The molecular formula is C25H44O6S. The van der Waals surface area contributed by atoms with Gasteiger partial charge in [0.25, 0.3) is 10.1 Å². The molecule has 0 radical (unpaired) electrons. The predicted molar refractivity (Wildman–Crippen MR) is 130 cm³/mol. The summed E-state index contributed by atoms with van der Waals surface area (Å²) in [6.07, 6.45) is 1.65. The van der Waals surface area contributed by atoms with Gasteiger partial charge in [-0.2, -0.15) is 8.42 Å². The molecule has 186 valence electrons. The lowest BCUT2D eigenvalue weighted by Gasteiger charge is -2.49. The molecule has 6 nitrogen and oxygen atoms in total. The van der Waals surface area contributed by atoms with E-state index >= 15 is 0 Å². The summed E-state index contributed by atoms with van der Waals surface area (Å²) in [6.45, 7) is 20.8. The largest absolute Gasteiger partial charge is 0.506 e. The number of benzene rings is 1. The van der Waals surface area contributed by atoms with Gasteiger partial charge < -0.3 is 14.6 Å². The van der Waals surface area contributed by atoms with Crippen molar-refractivity contribution in [3.8, 4) is 17.2 Å². The second kappa shape index (κ2) is 9.41. The van der Waals surface area contributed by atoms with E-state index in [0.29, 0.717) is 17.2 Å². The van der Waals surface area contributed by atoms with E-state index in [1.54, 1.807) is 0 Å². The summed E-state index contributed by atoms with van der Waals surface area (Å²) in [6, 6.07) is 0. The Hall–Kier alpha value is -1.47. The van der Waals surface area contributed by atoms with E-state index in [0.717, 1.165) is 12.8 Å². The Kier molecular flexibility index (Phi) is 8.40. The number of rotatable bonds is 9. The van der Waals surface area contributed by atoms with Gasteiger partial charge in [-0.1, -0.05) is 62.3 Å². The van der Waals surface area contributed by atoms with Crippen LogP contribution in [0.1, 0.15) is 92.2 Å². The summed E-state index contributed by atoms with van der Waals surface area (Å²) in [4.78, 5) is -0.526. The first kappa shape index (κ1) is 28.6. The van der Waals surface area contributed by atoms with Gasteiger partial charge in [0.05, 0.1) is 14.2 Å². The summed E-state index contributed by atoms with van der Waals surface area (Å²) in [5.74, 6) is 0.107. The summed E-state index contributed by atoms with van der Waals surface area (Å²) < 4.78 is 45.9. The van der Waals surface area contributed by atoms with Crippen LogP contribution in [0, 0.1) is 29.1 Å². The fraction of sp³-hybridized carbons (Fsp3) is 0.760. The lowest BCUT2D eigenvalue weighted by atomic mass is 9.56. The van der Waals surface area contributed by atoms with Crippen LogP contribution < -0.4 is 9.47 Å². The Morgan fingerprint density at radius 1 is 0.906 bits per heavy atom. The highest BCUT2D eigenvalue weighted by atomic mass is 32.2. The molecule has 0 spiro atoms. The summed E-state index contributed by atoms with van der Waals surface area (Å²) in [5, 5.41) is 11.4. The van der Waals surface area contributed by atoms with Gasteiger partial charge in [-0.25, -0.2) is 0 Å². The van der Waals surface area contributed by atoms with Crippen LogP contribution in [0.3, 0.4) is 0 Å². The SMILES string of the molecule is COc1c(C)c(S(=O)(=O)O)c(O)c(C(C(C)(C)CC(C)C)C(C)(C)CC(C)(C)C)c1OC. The van der Waals surface area contributed by atoms with Gasteiger partial charge in [0, 0.05) is 17.0 Å². The zero-order valence-electron chi connectivity index (χ0n) is 22.0. The first-order chi connectivity index (χ1) is 14.2. The Balaban J connectivity index is 4.23. The van der Waals surface area contributed by atoms with Crippen LogP contribution >= 0.6 is 0 Å². The monoisotopic (exact) mass is 472 g/mol. The number of phenolic OH excluding ortho intramolecular Hbond substituents is 1. The van der Waals surface area contributed by atoms with Gasteiger partial charge in [-0.3, -0.25) is 4.55 Å². The fourth-order valence-electron chi connectivity index (χ4n) is 6.31. The number of methoxy groups -OCH3 is 2. The maximum Gasteiger partial charge on any atom is 0.298 e. The molecule has 0 heterocycles. The predicted octanol–water partition coefficient (Wildman–Crippen LogP) is 6.58. The molecule has 2 N–H and O–H groups in total. The summed E-state index contributed by atoms with van der Waals surface area (Å²) >= 11 is 0. The Morgan fingerprint density at radius 2 is 1.38 bits per heavy atom. The van der Waals surface area contributed by atoms with Crippen molar-refractivity contribution in [1.29, 1.82) is 0 Å². The molecular weight excluding hydrogens is 428 g/mol. The molecule has 0 saturated heterocycles. The van der Waals surface area contributed by atoms with Crippen molar-refractivity contribution in [2.75, 3.05) is 14.2 Å². The molecule has 0 bridgehead atoms. The normalized spacial score (nSPS) is 14.6. The molecule has 1 aromatic carbocycles. The molecule has 32 heavy (non-hydrogen) atoms. The van der Waals surface area contributed by atoms with Crippen molar-refractivity contribution in [3.05, 3.63) is 11.1 Å². The van der Waals surface area contributed by atoms with Crippen molar-refractivity contribution in [2.45, 2.75) is 92.9 Å². The van der Waals surface area contributed by atoms with Gasteiger partial charge >= 0.3 is 0 Å². The van der Waals surface area contributed by atoms with E-state index in [9.17, 15) is 18.1 Å². The smallest absolute Gasteiger partial charge is 0.298 e. The Bertz CT molecular complexity index is 921. The lowest BCUT2D eigenvalue weighted by Crippen LogP contribution is -2.38. The summed E-state index contributed by atoms with van der Waals surface area (Å²) in [5.41, 5.74) is -0.244. The average Bonchev–Trinajstić information content (AvgIpc) is 2.51. The highest BCUT2D eigenvalue weighted by Gasteiger charge is 2.48. The first-order valence-electron chi connectivity index (χ1n) is 11.2. The third-order valence-corrected chi connectivity index (χ3v) is 7.06.